The Balaban J connectivity index is 3.50. The lowest BCUT2D eigenvalue weighted by molar-refractivity contribution is 0.0529. The minimum atomic E-state index is -0.464. The van der Waals surface area contributed by atoms with E-state index in [0.717, 1.165) is 19.4 Å². The minimum Gasteiger partial charge on any atom is -0.444 e. The summed E-state index contributed by atoms with van der Waals surface area (Å²) in [5, 5.41) is 9.37. The third-order valence-electron chi connectivity index (χ3n) is 1.89. The van der Waals surface area contributed by atoms with Crippen molar-refractivity contribution in [3.8, 4) is 0 Å². The summed E-state index contributed by atoms with van der Waals surface area (Å²) in [5.74, 6) is 0. The molecule has 0 spiro atoms. The van der Waals surface area contributed by atoms with E-state index < -0.39 is 11.7 Å². The van der Waals surface area contributed by atoms with Gasteiger partial charge in [0.25, 0.3) is 0 Å². The lowest BCUT2D eigenvalue weighted by Crippen LogP contribution is -2.41. The van der Waals surface area contributed by atoms with Gasteiger partial charge in [-0.15, -0.1) is 0 Å². The number of hydrogen-bond donors (Lipinski definition) is 3. The van der Waals surface area contributed by atoms with Gasteiger partial charge in [0.1, 0.15) is 5.60 Å². The summed E-state index contributed by atoms with van der Waals surface area (Å²) in [6.45, 7) is 9.55. The van der Waals surface area contributed by atoms with Crippen LogP contribution >= 0.6 is 12.2 Å². The van der Waals surface area contributed by atoms with Crippen molar-refractivity contribution in [1.29, 1.82) is 0 Å². The van der Waals surface area contributed by atoms with E-state index in [1.165, 1.54) is 0 Å². The van der Waals surface area contributed by atoms with Crippen LogP contribution in [0.5, 0.6) is 0 Å². The van der Waals surface area contributed by atoms with Gasteiger partial charge in [0.15, 0.2) is 5.11 Å². The van der Waals surface area contributed by atoms with Crippen molar-refractivity contribution in [1.82, 2.24) is 16.0 Å². The fourth-order valence-corrected chi connectivity index (χ4v) is 1.30. The minimum absolute atomic E-state index is 0.408. The van der Waals surface area contributed by atoms with E-state index in [0.29, 0.717) is 18.2 Å². The van der Waals surface area contributed by atoms with Crippen LogP contribution in [0.3, 0.4) is 0 Å². The Morgan fingerprint density at radius 1 is 1.11 bits per heavy atom. The van der Waals surface area contributed by atoms with E-state index in [9.17, 15) is 4.79 Å². The number of ether oxygens (including phenoxy) is 1. The van der Waals surface area contributed by atoms with Crippen molar-refractivity contribution < 1.29 is 9.53 Å². The Labute approximate surface area is 115 Å². The second-order valence-electron chi connectivity index (χ2n) is 4.96. The van der Waals surface area contributed by atoms with Gasteiger partial charge < -0.3 is 20.7 Å². The standard InChI is InChI=1S/C12H25N3O2S/c1-5-6-7-13-10(18)14-8-9-15-11(16)17-12(2,3)4/h5-9H2,1-4H3,(H,15,16)(H2,13,14,18). The topological polar surface area (TPSA) is 62.4 Å². The van der Waals surface area contributed by atoms with Gasteiger partial charge >= 0.3 is 6.09 Å². The third-order valence-corrected chi connectivity index (χ3v) is 2.18. The van der Waals surface area contributed by atoms with Crippen molar-refractivity contribution in [3.63, 3.8) is 0 Å². The van der Waals surface area contributed by atoms with Crippen LogP contribution in [0.25, 0.3) is 0 Å². The number of rotatable bonds is 6. The first-order valence-corrected chi connectivity index (χ1v) is 6.74. The van der Waals surface area contributed by atoms with Crippen molar-refractivity contribution in [2.45, 2.75) is 46.1 Å². The van der Waals surface area contributed by atoms with E-state index in [1.807, 2.05) is 20.8 Å². The van der Waals surface area contributed by atoms with Gasteiger partial charge in [0, 0.05) is 19.6 Å². The molecule has 0 aromatic rings. The molecule has 0 radical (unpaired) electrons. The maximum absolute atomic E-state index is 11.3. The highest BCUT2D eigenvalue weighted by Gasteiger charge is 2.15. The van der Waals surface area contributed by atoms with Crippen LogP contribution < -0.4 is 16.0 Å². The molecule has 0 unspecified atom stereocenters. The maximum atomic E-state index is 11.3. The highest BCUT2D eigenvalue weighted by Crippen LogP contribution is 2.05. The summed E-state index contributed by atoms with van der Waals surface area (Å²) in [4.78, 5) is 11.3. The molecule has 0 fully saturated rings. The fraction of sp³-hybridized carbons (Fsp3) is 0.833. The number of carbonyl (C=O) groups is 1. The van der Waals surface area contributed by atoms with E-state index in [1.54, 1.807) is 0 Å². The van der Waals surface area contributed by atoms with Crippen molar-refractivity contribution in [3.05, 3.63) is 0 Å². The van der Waals surface area contributed by atoms with Crippen molar-refractivity contribution >= 4 is 23.4 Å². The summed E-state index contributed by atoms with van der Waals surface area (Å²) >= 11 is 5.07. The molecule has 0 aliphatic heterocycles. The Kier molecular flexibility index (Phi) is 8.45. The highest BCUT2D eigenvalue weighted by atomic mass is 32.1. The van der Waals surface area contributed by atoms with Crippen LogP contribution in [-0.2, 0) is 4.74 Å². The molecular formula is C12H25N3O2S. The first-order chi connectivity index (χ1) is 8.35. The molecule has 0 atom stereocenters. The number of hydrogen-bond acceptors (Lipinski definition) is 3. The molecule has 0 rings (SSSR count). The number of unbranched alkanes of at least 4 members (excludes halogenated alkanes) is 1. The normalized spacial score (nSPS) is 10.7. The van der Waals surface area contributed by atoms with Crippen LogP contribution in [0, 0.1) is 0 Å². The molecular weight excluding hydrogens is 250 g/mol. The maximum Gasteiger partial charge on any atom is 0.407 e. The predicted molar refractivity (Wildman–Crippen MR) is 77.7 cm³/mol. The summed E-state index contributed by atoms with van der Waals surface area (Å²) in [7, 11) is 0. The van der Waals surface area contributed by atoms with E-state index >= 15 is 0 Å². The van der Waals surface area contributed by atoms with Gasteiger partial charge in [0.2, 0.25) is 0 Å². The molecule has 0 aromatic carbocycles. The quantitative estimate of drug-likeness (QED) is 0.509. The van der Waals surface area contributed by atoms with Gasteiger partial charge in [-0.2, -0.15) is 0 Å². The largest absolute Gasteiger partial charge is 0.444 e. The molecule has 0 heterocycles. The monoisotopic (exact) mass is 275 g/mol. The second kappa shape index (κ2) is 8.97. The SMILES string of the molecule is CCCCNC(=S)NCCNC(=O)OC(C)(C)C. The predicted octanol–water partition coefficient (Wildman–Crippen LogP) is 1.78. The molecule has 1 amide bonds. The van der Waals surface area contributed by atoms with Crippen LogP contribution in [-0.4, -0.2) is 36.4 Å². The molecule has 0 aliphatic carbocycles. The van der Waals surface area contributed by atoms with E-state index in [-0.39, 0.29) is 0 Å². The summed E-state index contributed by atoms with van der Waals surface area (Å²) in [6, 6.07) is 0. The molecule has 0 saturated carbocycles. The average molecular weight is 275 g/mol. The average Bonchev–Trinajstić information content (AvgIpc) is 2.22. The fourth-order valence-electron chi connectivity index (χ4n) is 1.10. The van der Waals surface area contributed by atoms with Crippen LogP contribution in [0.4, 0.5) is 4.79 Å². The molecule has 18 heavy (non-hydrogen) atoms. The summed E-state index contributed by atoms with van der Waals surface area (Å²) in [5.41, 5.74) is -0.464. The number of alkyl carbamates (subject to hydrolysis) is 1. The molecule has 3 N–H and O–H groups in total. The number of nitrogens with one attached hydrogen (secondary N) is 3. The number of amides is 1. The number of thiocarbonyl (C=S) groups is 1. The third kappa shape index (κ3) is 11.4. The van der Waals surface area contributed by atoms with Gasteiger partial charge in [-0.1, -0.05) is 13.3 Å². The van der Waals surface area contributed by atoms with Crippen LogP contribution in [0.2, 0.25) is 0 Å². The number of carbonyl (C=O) groups excluding carboxylic acids is 1. The molecule has 106 valence electrons. The Morgan fingerprint density at radius 3 is 2.22 bits per heavy atom. The van der Waals surface area contributed by atoms with Crippen LogP contribution in [0.15, 0.2) is 0 Å². The first kappa shape index (κ1) is 17.0. The lowest BCUT2D eigenvalue weighted by atomic mass is 10.2. The molecule has 0 aliphatic rings. The Bertz CT molecular complexity index is 265. The lowest BCUT2D eigenvalue weighted by Gasteiger charge is -2.19. The van der Waals surface area contributed by atoms with E-state index in [2.05, 4.69) is 22.9 Å². The first-order valence-electron chi connectivity index (χ1n) is 6.33. The Hall–Kier alpha value is -1.04. The smallest absolute Gasteiger partial charge is 0.407 e. The molecule has 6 heteroatoms. The zero-order chi connectivity index (χ0) is 14.0. The van der Waals surface area contributed by atoms with Gasteiger partial charge in [0.05, 0.1) is 0 Å². The zero-order valence-corrected chi connectivity index (χ0v) is 12.6. The molecule has 0 bridgehead atoms. The highest BCUT2D eigenvalue weighted by molar-refractivity contribution is 7.80. The summed E-state index contributed by atoms with van der Waals surface area (Å²) < 4.78 is 5.10. The van der Waals surface area contributed by atoms with Crippen molar-refractivity contribution in [2.24, 2.45) is 0 Å². The van der Waals surface area contributed by atoms with Gasteiger partial charge in [-0.3, -0.25) is 0 Å². The van der Waals surface area contributed by atoms with Crippen molar-refractivity contribution in [2.75, 3.05) is 19.6 Å². The molecule has 0 saturated heterocycles. The second-order valence-corrected chi connectivity index (χ2v) is 5.37. The molecule has 5 nitrogen and oxygen atoms in total. The summed E-state index contributed by atoms with van der Waals surface area (Å²) in [6.07, 6.45) is 1.82. The van der Waals surface area contributed by atoms with Gasteiger partial charge in [-0.25, -0.2) is 4.79 Å². The zero-order valence-electron chi connectivity index (χ0n) is 11.8. The van der Waals surface area contributed by atoms with E-state index in [4.69, 9.17) is 17.0 Å². The van der Waals surface area contributed by atoms with Crippen LogP contribution in [0.1, 0.15) is 40.5 Å². The Morgan fingerprint density at radius 2 is 1.67 bits per heavy atom. The van der Waals surface area contributed by atoms with Gasteiger partial charge in [-0.05, 0) is 39.4 Å². The molecule has 0 aromatic heterocycles.